The highest BCUT2D eigenvalue weighted by Crippen LogP contribution is 2.30. The summed E-state index contributed by atoms with van der Waals surface area (Å²) in [4.78, 5) is 16.5. The van der Waals surface area contributed by atoms with Gasteiger partial charge in [0.2, 0.25) is 0 Å². The Morgan fingerprint density at radius 2 is 1.65 bits per heavy atom. The summed E-state index contributed by atoms with van der Waals surface area (Å²) in [5.74, 6) is 0. The van der Waals surface area contributed by atoms with Crippen molar-refractivity contribution in [2.75, 3.05) is 0 Å². The number of hydrogen-bond acceptors (Lipinski definition) is 2. The van der Waals surface area contributed by atoms with E-state index in [0.29, 0.717) is 0 Å². The molecule has 0 unspecified atom stereocenters. The van der Waals surface area contributed by atoms with E-state index in [-0.39, 0.29) is 0 Å². The summed E-state index contributed by atoms with van der Waals surface area (Å²) in [6.07, 6.45) is 16.6. The molecule has 2 aromatic heterocycles. The van der Waals surface area contributed by atoms with E-state index in [9.17, 15) is 0 Å². The number of aliphatic imine (C=N–C) groups is 2. The SMILES string of the molecule is C1=CC2=NC1=Cc1ccc([nH]1)C1=C3C=CC(=N3)C(=c3ccc([nH]3)=C2)C=C1. The van der Waals surface area contributed by atoms with Crippen molar-refractivity contribution in [3.05, 3.63) is 94.2 Å². The molecule has 0 amide bonds. The summed E-state index contributed by atoms with van der Waals surface area (Å²) < 4.78 is 0. The highest BCUT2D eigenvalue weighted by atomic mass is 14.8. The van der Waals surface area contributed by atoms with Gasteiger partial charge in [-0.3, -0.25) is 0 Å². The normalized spacial score (nSPS) is 19.1. The maximum atomic E-state index is 4.83. The van der Waals surface area contributed by atoms with E-state index in [1.165, 1.54) is 0 Å². The topological polar surface area (TPSA) is 56.3 Å². The number of H-pyrrole nitrogens is 2. The van der Waals surface area contributed by atoms with Crippen molar-refractivity contribution >= 4 is 34.7 Å². The summed E-state index contributed by atoms with van der Waals surface area (Å²) in [5, 5.41) is 2.08. The van der Waals surface area contributed by atoms with Gasteiger partial charge < -0.3 is 9.97 Å². The van der Waals surface area contributed by atoms with Crippen molar-refractivity contribution in [1.82, 2.24) is 9.97 Å². The second-order valence-electron chi connectivity index (χ2n) is 6.61. The minimum absolute atomic E-state index is 0.941. The van der Waals surface area contributed by atoms with Crippen molar-refractivity contribution in [2.45, 2.75) is 0 Å². The van der Waals surface area contributed by atoms with Crippen molar-refractivity contribution in [3.63, 3.8) is 0 Å². The fourth-order valence-corrected chi connectivity index (χ4v) is 3.64. The lowest BCUT2D eigenvalue weighted by Gasteiger charge is -2.01. The van der Waals surface area contributed by atoms with Gasteiger partial charge in [-0.1, -0.05) is 0 Å². The van der Waals surface area contributed by atoms with Gasteiger partial charge in [0.1, 0.15) is 0 Å². The monoisotopic (exact) mass is 334 g/mol. The van der Waals surface area contributed by atoms with E-state index >= 15 is 0 Å². The van der Waals surface area contributed by atoms with E-state index in [0.717, 1.165) is 56.0 Å². The van der Waals surface area contributed by atoms with Gasteiger partial charge in [0.25, 0.3) is 0 Å². The van der Waals surface area contributed by atoms with Crippen molar-refractivity contribution < 1.29 is 0 Å². The number of aromatic amines is 2. The van der Waals surface area contributed by atoms with Crippen molar-refractivity contribution in [2.24, 2.45) is 9.98 Å². The predicted octanol–water partition coefficient (Wildman–Crippen LogP) is 2.63. The molecule has 0 atom stereocenters. The van der Waals surface area contributed by atoms with Crippen LogP contribution in [0.25, 0.3) is 23.3 Å². The van der Waals surface area contributed by atoms with Gasteiger partial charge >= 0.3 is 0 Å². The van der Waals surface area contributed by atoms with Gasteiger partial charge in [-0.25, -0.2) is 9.98 Å². The number of hydrogen-bond donors (Lipinski definition) is 2. The molecule has 4 aliphatic heterocycles. The van der Waals surface area contributed by atoms with Crippen LogP contribution in [0.4, 0.5) is 0 Å². The molecular formula is C22H14N4. The van der Waals surface area contributed by atoms with Crippen LogP contribution in [0, 0.1) is 0 Å². The van der Waals surface area contributed by atoms with Gasteiger partial charge in [0.05, 0.1) is 22.8 Å². The van der Waals surface area contributed by atoms with E-state index in [1.807, 2.05) is 12.2 Å². The molecule has 0 aliphatic carbocycles. The standard InChI is InChI=1S/C22H14N4/c1-2-14-12-16-4-8-20(25-16)18-6-5-17(21-9-10-22(18)26-21)19-7-3-15(24-19)11-13(1)23-14/h1-12,24-25H. The molecule has 0 spiro atoms. The Bertz CT molecular complexity index is 1310. The number of rotatable bonds is 0. The molecule has 26 heavy (non-hydrogen) atoms. The number of aromatic nitrogens is 2. The second-order valence-corrected chi connectivity index (χ2v) is 6.61. The molecule has 4 aliphatic rings. The molecular weight excluding hydrogens is 320 g/mol. The third-order valence-corrected chi connectivity index (χ3v) is 4.90. The van der Waals surface area contributed by atoms with E-state index in [2.05, 4.69) is 75.7 Å². The summed E-state index contributed by atoms with van der Waals surface area (Å²) in [7, 11) is 0. The molecule has 10 bridgehead atoms. The zero-order valence-corrected chi connectivity index (χ0v) is 13.8. The van der Waals surface area contributed by atoms with Gasteiger partial charge in [-0.15, -0.1) is 0 Å². The molecule has 0 saturated carbocycles. The third kappa shape index (κ3) is 2.02. The number of nitrogens with zero attached hydrogens (tertiary/aromatic N) is 2. The molecule has 2 aromatic rings. The van der Waals surface area contributed by atoms with Gasteiger partial charge in [0.15, 0.2) is 0 Å². The van der Waals surface area contributed by atoms with Crippen LogP contribution in [0.15, 0.2) is 82.1 Å². The Hall–Kier alpha value is -3.66. The summed E-state index contributed by atoms with van der Waals surface area (Å²) in [6, 6.07) is 8.35. The van der Waals surface area contributed by atoms with Crippen LogP contribution in [0.5, 0.6) is 0 Å². The maximum Gasteiger partial charge on any atom is 0.0731 e. The van der Waals surface area contributed by atoms with Gasteiger partial charge in [-0.05, 0) is 72.9 Å². The first-order valence-electron chi connectivity index (χ1n) is 8.60. The lowest BCUT2D eigenvalue weighted by atomic mass is 10.0. The quantitative estimate of drug-likeness (QED) is 0.744. The van der Waals surface area contributed by atoms with Gasteiger partial charge in [0, 0.05) is 33.2 Å². The molecule has 122 valence electrons. The summed E-state index contributed by atoms with van der Waals surface area (Å²) in [6.45, 7) is 0. The molecule has 2 N–H and O–H groups in total. The average molecular weight is 334 g/mol. The fraction of sp³-hybridized carbons (Fsp3) is 0. The first-order chi connectivity index (χ1) is 12.8. The zero-order chi connectivity index (χ0) is 17.1. The average Bonchev–Trinajstić information content (AvgIpc) is 3.38. The maximum absolute atomic E-state index is 4.83. The molecule has 0 fully saturated rings. The third-order valence-electron chi connectivity index (χ3n) is 4.90. The Morgan fingerprint density at radius 3 is 2.65 bits per heavy atom. The lowest BCUT2D eigenvalue weighted by molar-refractivity contribution is 1.27. The first-order valence-corrected chi connectivity index (χ1v) is 8.60. The van der Waals surface area contributed by atoms with E-state index in [1.54, 1.807) is 0 Å². The molecule has 0 radical (unpaired) electrons. The molecule has 4 nitrogen and oxygen atoms in total. The van der Waals surface area contributed by atoms with Crippen molar-refractivity contribution in [3.8, 4) is 0 Å². The van der Waals surface area contributed by atoms with Gasteiger partial charge in [-0.2, -0.15) is 0 Å². The molecule has 6 heterocycles. The molecule has 0 aromatic carbocycles. The Balaban J connectivity index is 1.71. The van der Waals surface area contributed by atoms with Crippen LogP contribution in [-0.2, 0) is 0 Å². The predicted molar refractivity (Wildman–Crippen MR) is 106 cm³/mol. The van der Waals surface area contributed by atoms with Crippen LogP contribution in [0.1, 0.15) is 11.4 Å². The summed E-state index contributed by atoms with van der Waals surface area (Å²) in [5.41, 5.74) is 8.12. The number of allylic oxidation sites excluding steroid dienone is 7. The van der Waals surface area contributed by atoms with E-state index < -0.39 is 0 Å². The minimum Gasteiger partial charge on any atom is -0.355 e. The van der Waals surface area contributed by atoms with Crippen LogP contribution in [-0.4, -0.2) is 21.4 Å². The highest BCUT2D eigenvalue weighted by molar-refractivity contribution is 6.30. The first kappa shape index (κ1) is 13.6. The Morgan fingerprint density at radius 1 is 0.692 bits per heavy atom. The van der Waals surface area contributed by atoms with Crippen LogP contribution in [0.2, 0.25) is 0 Å². The molecule has 6 rings (SSSR count). The lowest BCUT2D eigenvalue weighted by Crippen LogP contribution is -2.16. The molecule has 0 saturated heterocycles. The minimum atomic E-state index is 0.941. The molecule has 4 heteroatoms. The van der Waals surface area contributed by atoms with Crippen LogP contribution in [0.3, 0.4) is 0 Å². The Kier molecular flexibility index (Phi) is 2.58. The van der Waals surface area contributed by atoms with Crippen molar-refractivity contribution in [1.29, 1.82) is 0 Å². The largest absolute Gasteiger partial charge is 0.355 e. The number of fused-ring (bicyclic) bond motifs is 10. The highest BCUT2D eigenvalue weighted by Gasteiger charge is 2.18. The zero-order valence-electron chi connectivity index (χ0n) is 13.8. The summed E-state index contributed by atoms with van der Waals surface area (Å²) >= 11 is 0. The van der Waals surface area contributed by atoms with E-state index in [4.69, 9.17) is 4.99 Å². The Labute approximate surface area is 149 Å². The number of nitrogens with one attached hydrogen (secondary N) is 2. The smallest absolute Gasteiger partial charge is 0.0731 e. The second kappa shape index (κ2) is 4.92. The fourth-order valence-electron chi connectivity index (χ4n) is 3.64. The van der Waals surface area contributed by atoms with Crippen LogP contribution >= 0.6 is 0 Å². The van der Waals surface area contributed by atoms with Crippen LogP contribution < -0.4 is 10.7 Å².